The molecule has 0 atom stereocenters. The van der Waals surface area contributed by atoms with Crippen molar-refractivity contribution in [3.63, 3.8) is 0 Å². The van der Waals surface area contributed by atoms with Gasteiger partial charge in [0.05, 0.1) is 5.75 Å². The van der Waals surface area contributed by atoms with Crippen LogP contribution in [-0.2, 0) is 12.8 Å². The van der Waals surface area contributed by atoms with E-state index < -0.39 is 0 Å². The van der Waals surface area contributed by atoms with Gasteiger partial charge in [0, 0.05) is 7.05 Å². The zero-order valence-electron chi connectivity index (χ0n) is 9.20. The first-order valence-electron chi connectivity index (χ1n) is 5.14. The number of rotatable bonds is 3. The van der Waals surface area contributed by atoms with Crippen molar-refractivity contribution in [1.29, 1.82) is 0 Å². The average Bonchev–Trinajstić information content (AvgIpc) is 2.92. The van der Waals surface area contributed by atoms with E-state index in [9.17, 15) is 0 Å². The van der Waals surface area contributed by atoms with E-state index in [-0.39, 0.29) is 0 Å². The Labute approximate surface area is 102 Å². The largest absolute Gasteiger partial charge is 0.431 e. The van der Waals surface area contributed by atoms with E-state index in [1.807, 2.05) is 31.3 Å². The van der Waals surface area contributed by atoms with Crippen LogP contribution < -0.4 is 0 Å². The summed E-state index contributed by atoms with van der Waals surface area (Å²) >= 11 is 1.52. The van der Waals surface area contributed by atoms with Gasteiger partial charge in [-0.1, -0.05) is 23.9 Å². The van der Waals surface area contributed by atoms with Crippen LogP contribution in [-0.4, -0.2) is 19.7 Å². The van der Waals surface area contributed by atoms with Crippen LogP contribution in [0.3, 0.4) is 0 Å². The van der Waals surface area contributed by atoms with Gasteiger partial charge in [0.1, 0.15) is 17.7 Å². The average molecular weight is 246 g/mol. The highest BCUT2D eigenvalue weighted by Crippen LogP contribution is 2.25. The van der Waals surface area contributed by atoms with Crippen LogP contribution in [0.25, 0.3) is 11.1 Å². The van der Waals surface area contributed by atoms with Crippen LogP contribution in [0.2, 0.25) is 0 Å². The first kappa shape index (κ1) is 10.3. The predicted molar refractivity (Wildman–Crippen MR) is 64.6 cm³/mol. The van der Waals surface area contributed by atoms with E-state index in [0.717, 1.165) is 16.9 Å². The molecule has 0 N–H and O–H groups in total. The van der Waals surface area contributed by atoms with Crippen molar-refractivity contribution in [2.24, 2.45) is 7.05 Å². The summed E-state index contributed by atoms with van der Waals surface area (Å²) in [7, 11) is 1.87. The van der Waals surface area contributed by atoms with Crippen molar-refractivity contribution in [3.05, 3.63) is 36.4 Å². The van der Waals surface area contributed by atoms with E-state index >= 15 is 0 Å². The maximum Gasteiger partial charge on any atom is 0.257 e. The van der Waals surface area contributed by atoms with Crippen molar-refractivity contribution in [2.75, 3.05) is 0 Å². The number of para-hydroxylation sites is 2. The third kappa shape index (κ3) is 2.03. The maximum absolute atomic E-state index is 5.60. The fraction of sp³-hybridized carbons (Fsp3) is 0.182. The molecule has 2 aromatic heterocycles. The van der Waals surface area contributed by atoms with Gasteiger partial charge in [-0.15, -0.1) is 0 Å². The smallest absolute Gasteiger partial charge is 0.257 e. The Hall–Kier alpha value is -1.82. The number of fused-ring (bicyclic) bond motifs is 1. The van der Waals surface area contributed by atoms with Crippen molar-refractivity contribution < 1.29 is 4.42 Å². The molecule has 5 nitrogen and oxygen atoms in total. The molecule has 0 fully saturated rings. The van der Waals surface area contributed by atoms with Crippen LogP contribution >= 0.6 is 11.8 Å². The molecule has 0 radical (unpaired) electrons. The van der Waals surface area contributed by atoms with Crippen LogP contribution in [0.4, 0.5) is 0 Å². The Morgan fingerprint density at radius 2 is 2.24 bits per heavy atom. The summed E-state index contributed by atoms with van der Waals surface area (Å²) in [5.74, 6) is 1.60. The summed E-state index contributed by atoms with van der Waals surface area (Å²) in [4.78, 5) is 8.53. The Kier molecular flexibility index (Phi) is 2.56. The van der Waals surface area contributed by atoms with Crippen molar-refractivity contribution in [2.45, 2.75) is 11.0 Å². The lowest BCUT2D eigenvalue weighted by Gasteiger charge is -1.96. The zero-order valence-corrected chi connectivity index (χ0v) is 10.0. The molecule has 0 saturated carbocycles. The van der Waals surface area contributed by atoms with Gasteiger partial charge in [-0.05, 0) is 12.1 Å². The summed E-state index contributed by atoms with van der Waals surface area (Å²) in [5.41, 5.74) is 1.70. The van der Waals surface area contributed by atoms with Gasteiger partial charge < -0.3 is 4.42 Å². The van der Waals surface area contributed by atoms with Gasteiger partial charge in [-0.25, -0.2) is 9.97 Å². The van der Waals surface area contributed by atoms with Gasteiger partial charge in [-0.3, -0.25) is 4.68 Å². The fourth-order valence-electron chi connectivity index (χ4n) is 1.49. The van der Waals surface area contributed by atoms with Crippen LogP contribution in [0, 0.1) is 0 Å². The number of thioether (sulfide) groups is 1. The highest BCUT2D eigenvalue weighted by molar-refractivity contribution is 7.98. The number of aromatic nitrogens is 4. The number of hydrogen-bond acceptors (Lipinski definition) is 5. The minimum atomic E-state index is 0.661. The normalized spacial score (nSPS) is 11.1. The minimum Gasteiger partial charge on any atom is -0.431 e. The van der Waals surface area contributed by atoms with Gasteiger partial charge in [0.15, 0.2) is 5.58 Å². The summed E-state index contributed by atoms with van der Waals surface area (Å²) in [5, 5.41) is 4.67. The van der Waals surface area contributed by atoms with Crippen molar-refractivity contribution in [3.8, 4) is 0 Å². The van der Waals surface area contributed by atoms with Crippen LogP contribution in [0.5, 0.6) is 0 Å². The first-order valence-corrected chi connectivity index (χ1v) is 6.13. The molecule has 6 heteroatoms. The Balaban J connectivity index is 1.79. The molecule has 0 spiro atoms. The second-order valence-electron chi connectivity index (χ2n) is 3.54. The van der Waals surface area contributed by atoms with E-state index in [1.165, 1.54) is 11.8 Å². The van der Waals surface area contributed by atoms with Crippen molar-refractivity contribution >= 4 is 22.9 Å². The van der Waals surface area contributed by atoms with Crippen LogP contribution in [0.15, 0.2) is 40.2 Å². The molecule has 1 aromatic carbocycles. The SMILES string of the molecule is Cn1ncnc1CSc1nc2ccccc2o1. The molecule has 0 bridgehead atoms. The lowest BCUT2D eigenvalue weighted by molar-refractivity contribution is 0.489. The van der Waals surface area contributed by atoms with Gasteiger partial charge in [0.2, 0.25) is 0 Å². The molecule has 3 rings (SSSR count). The van der Waals surface area contributed by atoms with E-state index in [0.29, 0.717) is 11.0 Å². The molecule has 0 amide bonds. The first-order chi connectivity index (χ1) is 8.33. The lowest BCUT2D eigenvalue weighted by Crippen LogP contribution is -1.97. The molecular weight excluding hydrogens is 236 g/mol. The highest BCUT2D eigenvalue weighted by Gasteiger charge is 2.07. The van der Waals surface area contributed by atoms with E-state index in [1.54, 1.807) is 11.0 Å². The monoisotopic (exact) mass is 246 g/mol. The number of nitrogens with zero attached hydrogens (tertiary/aromatic N) is 4. The Morgan fingerprint density at radius 1 is 1.35 bits per heavy atom. The molecule has 86 valence electrons. The Bertz CT molecular complexity index is 613. The number of oxazole rings is 1. The summed E-state index contributed by atoms with van der Waals surface area (Å²) in [6, 6.07) is 7.73. The van der Waals surface area contributed by atoms with Gasteiger partial charge in [0.25, 0.3) is 5.22 Å². The molecular formula is C11H10N4OS. The van der Waals surface area contributed by atoms with E-state index in [2.05, 4.69) is 15.1 Å². The number of hydrogen-bond donors (Lipinski definition) is 0. The molecule has 3 aromatic rings. The summed E-state index contributed by atoms with van der Waals surface area (Å²) in [6.45, 7) is 0. The molecule has 2 heterocycles. The summed E-state index contributed by atoms with van der Waals surface area (Å²) in [6.07, 6.45) is 1.54. The van der Waals surface area contributed by atoms with Crippen molar-refractivity contribution in [1.82, 2.24) is 19.7 Å². The maximum atomic E-state index is 5.60. The van der Waals surface area contributed by atoms with E-state index in [4.69, 9.17) is 4.42 Å². The van der Waals surface area contributed by atoms with Gasteiger partial charge >= 0.3 is 0 Å². The Morgan fingerprint density at radius 3 is 3.00 bits per heavy atom. The minimum absolute atomic E-state index is 0.661. The molecule has 0 aliphatic carbocycles. The lowest BCUT2D eigenvalue weighted by atomic mass is 10.3. The number of aryl methyl sites for hydroxylation is 1. The summed E-state index contributed by atoms with van der Waals surface area (Å²) < 4.78 is 7.35. The molecule has 0 aliphatic rings. The third-order valence-corrected chi connectivity index (χ3v) is 3.23. The van der Waals surface area contributed by atoms with Crippen LogP contribution in [0.1, 0.15) is 5.82 Å². The second kappa shape index (κ2) is 4.21. The number of benzene rings is 1. The quantitative estimate of drug-likeness (QED) is 0.663. The fourth-order valence-corrected chi connectivity index (χ4v) is 2.32. The molecule has 17 heavy (non-hydrogen) atoms. The standard InChI is InChI=1S/C11H10N4OS/c1-15-10(12-7-13-15)6-17-11-14-8-4-2-3-5-9(8)16-11/h2-5,7H,6H2,1H3. The second-order valence-corrected chi connectivity index (χ2v) is 4.46. The predicted octanol–water partition coefficient (Wildman–Crippen LogP) is 2.25. The van der Waals surface area contributed by atoms with Gasteiger partial charge in [-0.2, -0.15) is 5.10 Å². The molecule has 0 saturated heterocycles. The zero-order chi connectivity index (χ0) is 11.7. The molecule has 0 unspecified atom stereocenters. The topological polar surface area (TPSA) is 56.7 Å². The molecule has 0 aliphatic heterocycles. The third-order valence-electron chi connectivity index (χ3n) is 2.40. The highest BCUT2D eigenvalue weighted by atomic mass is 32.2.